The number of nitrogens with zero attached hydrogens (tertiary/aromatic N) is 1. The maximum atomic E-state index is 13.5. The Morgan fingerprint density at radius 3 is 2.31 bits per heavy atom. The van der Waals surface area contributed by atoms with Crippen LogP contribution in [-0.4, -0.2) is 48.1 Å². The molecule has 0 atom stereocenters. The van der Waals surface area contributed by atoms with E-state index in [9.17, 15) is 27.2 Å². The SMILES string of the molecule is Cc1cc(NC(=O)c2c(C)c(C(=O)C(=O)NC3CC(S(C)(=O)=O)C3)n(C)c2C)ccc1F. The Labute approximate surface area is 186 Å². The third-order valence-electron chi connectivity index (χ3n) is 6.03. The van der Waals surface area contributed by atoms with E-state index >= 15 is 0 Å². The molecular formula is C22H26FN3O5S. The molecule has 32 heavy (non-hydrogen) atoms. The molecule has 0 radical (unpaired) electrons. The lowest BCUT2D eigenvalue weighted by Gasteiger charge is -2.34. The van der Waals surface area contributed by atoms with Crippen LogP contribution in [0.25, 0.3) is 0 Å². The molecule has 3 rings (SSSR count). The predicted octanol–water partition coefficient (Wildman–Crippen LogP) is 2.22. The van der Waals surface area contributed by atoms with Crippen molar-refractivity contribution >= 4 is 33.1 Å². The maximum absolute atomic E-state index is 13.5. The van der Waals surface area contributed by atoms with Crippen molar-refractivity contribution in [1.29, 1.82) is 0 Å². The second kappa shape index (κ2) is 8.50. The van der Waals surface area contributed by atoms with E-state index in [2.05, 4.69) is 10.6 Å². The molecule has 172 valence electrons. The standard InChI is InChI=1S/C22H26FN3O5S/c1-11-8-14(6-7-17(11)23)24-21(28)18-12(2)19(26(4)13(18)3)20(27)22(29)25-15-9-16(10-15)32(5,30)31/h6-8,15-16H,9-10H2,1-5H3,(H,24,28)(H,25,29). The minimum Gasteiger partial charge on any atom is -0.346 e. The molecule has 1 aromatic heterocycles. The van der Waals surface area contributed by atoms with Gasteiger partial charge in [-0.25, -0.2) is 12.8 Å². The third-order valence-corrected chi connectivity index (χ3v) is 7.63. The molecule has 1 heterocycles. The van der Waals surface area contributed by atoms with Crippen LogP contribution in [-0.2, 0) is 21.7 Å². The van der Waals surface area contributed by atoms with Crippen molar-refractivity contribution in [2.45, 2.75) is 44.9 Å². The highest BCUT2D eigenvalue weighted by Gasteiger charge is 2.38. The van der Waals surface area contributed by atoms with E-state index in [-0.39, 0.29) is 36.0 Å². The molecule has 2 aromatic rings. The summed E-state index contributed by atoms with van der Waals surface area (Å²) < 4.78 is 38.0. The van der Waals surface area contributed by atoms with E-state index in [0.29, 0.717) is 22.5 Å². The number of amides is 2. The number of hydrogen-bond acceptors (Lipinski definition) is 5. The van der Waals surface area contributed by atoms with Gasteiger partial charge in [-0.2, -0.15) is 0 Å². The lowest BCUT2D eigenvalue weighted by atomic mass is 9.92. The predicted molar refractivity (Wildman–Crippen MR) is 118 cm³/mol. The van der Waals surface area contributed by atoms with Crippen LogP contribution in [0, 0.1) is 26.6 Å². The van der Waals surface area contributed by atoms with E-state index in [4.69, 9.17) is 0 Å². The van der Waals surface area contributed by atoms with Gasteiger partial charge >= 0.3 is 0 Å². The monoisotopic (exact) mass is 463 g/mol. The Morgan fingerprint density at radius 1 is 1.12 bits per heavy atom. The number of halogens is 1. The van der Waals surface area contributed by atoms with Gasteiger partial charge in [-0.3, -0.25) is 14.4 Å². The zero-order valence-electron chi connectivity index (χ0n) is 18.6. The second-order valence-corrected chi connectivity index (χ2v) is 10.7. The van der Waals surface area contributed by atoms with Crippen LogP contribution >= 0.6 is 0 Å². The van der Waals surface area contributed by atoms with Gasteiger partial charge in [0.15, 0.2) is 0 Å². The Bertz CT molecular complexity index is 1230. The van der Waals surface area contributed by atoms with E-state index < -0.39 is 32.7 Å². The van der Waals surface area contributed by atoms with Crippen LogP contribution in [0.1, 0.15) is 50.5 Å². The molecular weight excluding hydrogens is 437 g/mol. The number of hydrogen-bond donors (Lipinski definition) is 2. The summed E-state index contributed by atoms with van der Waals surface area (Å²) in [6.45, 7) is 4.83. The zero-order chi connectivity index (χ0) is 24.0. The average Bonchev–Trinajstić information content (AvgIpc) is 2.88. The first kappa shape index (κ1) is 23.6. The van der Waals surface area contributed by atoms with E-state index in [0.717, 1.165) is 6.26 Å². The smallest absolute Gasteiger partial charge is 0.294 e. The molecule has 2 N–H and O–H groups in total. The number of carbonyl (C=O) groups is 3. The quantitative estimate of drug-likeness (QED) is 0.504. The number of aromatic nitrogens is 1. The molecule has 1 saturated carbocycles. The number of sulfone groups is 1. The molecule has 0 spiro atoms. The van der Waals surface area contributed by atoms with Gasteiger partial charge in [-0.15, -0.1) is 0 Å². The first-order chi connectivity index (χ1) is 14.8. The van der Waals surface area contributed by atoms with Gasteiger partial charge in [-0.1, -0.05) is 0 Å². The van der Waals surface area contributed by atoms with Crippen molar-refractivity contribution in [3.63, 3.8) is 0 Å². The molecule has 1 fully saturated rings. The number of benzene rings is 1. The van der Waals surface area contributed by atoms with Gasteiger partial charge in [0.05, 0.1) is 16.5 Å². The van der Waals surface area contributed by atoms with Crippen LogP contribution in [0.5, 0.6) is 0 Å². The van der Waals surface area contributed by atoms with Crippen molar-refractivity contribution in [3.05, 3.63) is 52.1 Å². The number of Topliss-reactive ketones (excluding diaryl/α,β-unsaturated/α-hetero) is 1. The Hall–Kier alpha value is -3.01. The molecule has 8 nitrogen and oxygen atoms in total. The Morgan fingerprint density at radius 2 is 1.75 bits per heavy atom. The molecule has 1 aliphatic rings. The fraction of sp³-hybridized carbons (Fsp3) is 0.409. The lowest BCUT2D eigenvalue weighted by Crippen LogP contribution is -2.51. The lowest BCUT2D eigenvalue weighted by molar-refractivity contribution is -0.118. The van der Waals surface area contributed by atoms with Crippen LogP contribution in [0.3, 0.4) is 0 Å². The molecule has 0 saturated heterocycles. The average molecular weight is 464 g/mol. The first-order valence-electron chi connectivity index (χ1n) is 10.1. The van der Waals surface area contributed by atoms with Crippen molar-refractivity contribution in [3.8, 4) is 0 Å². The Kier molecular flexibility index (Phi) is 6.28. The van der Waals surface area contributed by atoms with Gasteiger partial charge in [0.1, 0.15) is 15.7 Å². The number of ketones is 1. The summed E-state index contributed by atoms with van der Waals surface area (Å²) in [5, 5.41) is 4.77. The summed E-state index contributed by atoms with van der Waals surface area (Å²) in [4.78, 5) is 38.2. The van der Waals surface area contributed by atoms with Crippen LogP contribution in [0.4, 0.5) is 10.1 Å². The molecule has 2 amide bonds. The maximum Gasteiger partial charge on any atom is 0.294 e. The number of rotatable bonds is 6. The molecule has 0 unspecified atom stereocenters. The Balaban J connectivity index is 1.77. The minimum atomic E-state index is -3.17. The topological polar surface area (TPSA) is 114 Å². The summed E-state index contributed by atoms with van der Waals surface area (Å²) in [6.07, 6.45) is 1.69. The molecule has 1 aromatic carbocycles. The fourth-order valence-electron chi connectivity index (χ4n) is 3.94. The van der Waals surface area contributed by atoms with Gasteiger partial charge < -0.3 is 15.2 Å². The van der Waals surface area contributed by atoms with Crippen molar-refractivity contribution in [2.24, 2.45) is 7.05 Å². The molecule has 10 heteroatoms. The molecule has 0 aliphatic heterocycles. The summed E-state index contributed by atoms with van der Waals surface area (Å²) in [7, 11) is -1.58. The fourth-order valence-corrected chi connectivity index (χ4v) is 5.11. The van der Waals surface area contributed by atoms with Crippen LogP contribution < -0.4 is 10.6 Å². The highest BCUT2D eigenvalue weighted by molar-refractivity contribution is 7.91. The molecule has 0 bridgehead atoms. The summed E-state index contributed by atoms with van der Waals surface area (Å²) in [6, 6.07) is 3.82. The van der Waals surface area contributed by atoms with Crippen LogP contribution in [0.2, 0.25) is 0 Å². The van der Waals surface area contributed by atoms with Crippen molar-refractivity contribution in [2.75, 3.05) is 11.6 Å². The van der Waals surface area contributed by atoms with Crippen LogP contribution in [0.15, 0.2) is 18.2 Å². The second-order valence-electron chi connectivity index (χ2n) is 8.33. The van der Waals surface area contributed by atoms with Crippen molar-refractivity contribution < 1.29 is 27.2 Å². The van der Waals surface area contributed by atoms with Gasteiger partial charge in [0.25, 0.3) is 17.6 Å². The highest BCUT2D eigenvalue weighted by atomic mass is 32.2. The van der Waals surface area contributed by atoms with Gasteiger partial charge in [-0.05, 0) is 62.9 Å². The van der Waals surface area contributed by atoms with E-state index in [1.165, 1.54) is 22.8 Å². The first-order valence-corrected chi connectivity index (χ1v) is 12.0. The minimum absolute atomic E-state index is 0.0828. The number of carbonyl (C=O) groups excluding carboxylic acids is 3. The summed E-state index contributed by atoms with van der Waals surface area (Å²) >= 11 is 0. The van der Waals surface area contributed by atoms with E-state index in [1.807, 2.05) is 0 Å². The normalized spacial score (nSPS) is 18.1. The third kappa shape index (κ3) is 4.45. The van der Waals surface area contributed by atoms with Gasteiger partial charge in [0.2, 0.25) is 0 Å². The van der Waals surface area contributed by atoms with Crippen molar-refractivity contribution in [1.82, 2.24) is 9.88 Å². The number of anilines is 1. The number of nitrogens with one attached hydrogen (secondary N) is 2. The summed E-state index contributed by atoms with van der Waals surface area (Å²) in [5.74, 6) is -2.50. The number of aryl methyl sites for hydroxylation is 1. The molecule has 1 aliphatic carbocycles. The zero-order valence-corrected chi connectivity index (χ0v) is 19.4. The largest absolute Gasteiger partial charge is 0.346 e. The van der Waals surface area contributed by atoms with E-state index in [1.54, 1.807) is 27.8 Å². The highest BCUT2D eigenvalue weighted by Crippen LogP contribution is 2.27. The van der Waals surface area contributed by atoms with Gasteiger partial charge in [0, 0.05) is 30.7 Å². The summed E-state index contributed by atoms with van der Waals surface area (Å²) in [5.41, 5.74) is 1.98.